The lowest BCUT2D eigenvalue weighted by atomic mass is 9.69. The van der Waals surface area contributed by atoms with E-state index in [4.69, 9.17) is 25.8 Å². The van der Waals surface area contributed by atoms with Crippen LogP contribution in [-0.4, -0.2) is 43.8 Å². The summed E-state index contributed by atoms with van der Waals surface area (Å²) in [5.74, 6) is 1.17. The maximum atomic E-state index is 12.6. The third-order valence-corrected chi connectivity index (χ3v) is 6.81. The highest BCUT2D eigenvalue weighted by atomic mass is 35.5. The molecule has 30 heavy (non-hydrogen) atoms. The summed E-state index contributed by atoms with van der Waals surface area (Å²) >= 11 is 6.16. The van der Waals surface area contributed by atoms with E-state index in [-0.39, 0.29) is 17.6 Å². The minimum absolute atomic E-state index is 0.108. The van der Waals surface area contributed by atoms with Gasteiger partial charge in [-0.25, -0.2) is 4.79 Å². The molecule has 0 bridgehead atoms. The lowest BCUT2D eigenvalue weighted by molar-refractivity contribution is 0.0218. The summed E-state index contributed by atoms with van der Waals surface area (Å²) in [7, 11) is 3.81. The van der Waals surface area contributed by atoms with Crippen LogP contribution in [0.3, 0.4) is 0 Å². The van der Waals surface area contributed by atoms with E-state index in [1.54, 1.807) is 31.4 Å². The molecule has 3 atom stereocenters. The van der Waals surface area contributed by atoms with Crippen LogP contribution in [-0.2, 0) is 16.7 Å². The third kappa shape index (κ3) is 2.99. The van der Waals surface area contributed by atoms with Gasteiger partial charge in [-0.05, 0) is 49.9 Å². The van der Waals surface area contributed by atoms with Crippen molar-refractivity contribution >= 4 is 17.6 Å². The molecule has 0 fully saturated rings. The van der Waals surface area contributed by atoms with Gasteiger partial charge in [0.2, 0.25) is 0 Å². The second kappa shape index (κ2) is 7.33. The first-order valence-corrected chi connectivity index (χ1v) is 10.6. The summed E-state index contributed by atoms with van der Waals surface area (Å²) in [6, 6.07) is 11.1. The number of esters is 1. The van der Waals surface area contributed by atoms with Gasteiger partial charge in [-0.3, -0.25) is 0 Å². The smallest absolute Gasteiger partial charge is 0.340 e. The van der Waals surface area contributed by atoms with E-state index in [1.165, 1.54) is 11.1 Å². The van der Waals surface area contributed by atoms with Gasteiger partial charge in [-0.2, -0.15) is 0 Å². The van der Waals surface area contributed by atoms with Crippen molar-refractivity contribution < 1.29 is 19.0 Å². The number of ether oxygens (including phenoxy) is 3. The van der Waals surface area contributed by atoms with Crippen molar-refractivity contribution in [2.45, 2.75) is 37.0 Å². The summed E-state index contributed by atoms with van der Waals surface area (Å²) in [6.07, 6.45) is 5.27. The predicted octanol–water partition coefficient (Wildman–Crippen LogP) is 4.37. The maximum absolute atomic E-state index is 12.6. The van der Waals surface area contributed by atoms with Crippen LogP contribution in [0.5, 0.6) is 11.5 Å². The van der Waals surface area contributed by atoms with Gasteiger partial charge in [0.25, 0.3) is 0 Å². The predicted molar refractivity (Wildman–Crippen MR) is 114 cm³/mol. The molecular formula is C24H24ClNO4. The highest BCUT2D eigenvalue weighted by molar-refractivity contribution is 6.33. The van der Waals surface area contributed by atoms with Gasteiger partial charge in [0.05, 0.1) is 23.1 Å². The lowest BCUT2D eigenvalue weighted by Crippen LogP contribution is -2.43. The van der Waals surface area contributed by atoms with Crippen molar-refractivity contribution in [3.63, 3.8) is 0 Å². The molecule has 0 N–H and O–H groups in total. The van der Waals surface area contributed by atoms with Crippen molar-refractivity contribution in [3.8, 4) is 11.5 Å². The Morgan fingerprint density at radius 2 is 2.10 bits per heavy atom. The average Bonchev–Trinajstić information content (AvgIpc) is 3.00. The number of halogens is 1. The molecular weight excluding hydrogens is 402 g/mol. The summed E-state index contributed by atoms with van der Waals surface area (Å²) in [5.41, 5.74) is 2.65. The topological polar surface area (TPSA) is 48.0 Å². The average molecular weight is 426 g/mol. The van der Waals surface area contributed by atoms with Crippen LogP contribution in [0.2, 0.25) is 5.02 Å². The normalized spacial score (nSPS) is 26.9. The van der Waals surface area contributed by atoms with Gasteiger partial charge in [-0.15, -0.1) is 0 Å². The van der Waals surface area contributed by atoms with Gasteiger partial charge in [-0.1, -0.05) is 35.9 Å². The Balaban J connectivity index is 1.47. The first-order chi connectivity index (χ1) is 14.5. The molecule has 5 rings (SSSR count). The number of methoxy groups -OCH3 is 1. The van der Waals surface area contributed by atoms with Crippen LogP contribution < -0.4 is 9.47 Å². The van der Waals surface area contributed by atoms with Crippen molar-refractivity contribution in [2.24, 2.45) is 0 Å². The molecule has 3 aliphatic rings. The number of hydrogen-bond acceptors (Lipinski definition) is 5. The number of benzene rings is 2. The molecule has 0 saturated carbocycles. The Hall–Kier alpha value is -2.50. The van der Waals surface area contributed by atoms with Crippen LogP contribution in [0.4, 0.5) is 0 Å². The highest BCUT2D eigenvalue weighted by Crippen LogP contribution is 2.55. The molecule has 0 amide bonds. The van der Waals surface area contributed by atoms with Crippen LogP contribution in [0, 0.1) is 0 Å². The number of rotatable bonds is 3. The Labute approximate surface area is 181 Å². The van der Waals surface area contributed by atoms with Crippen molar-refractivity contribution in [1.82, 2.24) is 4.90 Å². The highest BCUT2D eigenvalue weighted by Gasteiger charge is 2.53. The molecule has 6 heteroatoms. The van der Waals surface area contributed by atoms with Crippen molar-refractivity contribution in [3.05, 3.63) is 70.3 Å². The molecule has 1 unspecified atom stereocenters. The number of nitrogens with zero attached hydrogens (tertiary/aromatic N) is 1. The second-order valence-electron chi connectivity index (χ2n) is 8.28. The Kier molecular flexibility index (Phi) is 4.75. The van der Waals surface area contributed by atoms with Crippen LogP contribution in [0.25, 0.3) is 0 Å². The fourth-order valence-electron chi connectivity index (χ4n) is 4.98. The summed E-state index contributed by atoms with van der Waals surface area (Å²) in [5, 5.41) is 0.393. The van der Waals surface area contributed by atoms with Gasteiger partial charge in [0.15, 0.2) is 11.5 Å². The minimum Gasteiger partial charge on any atom is -0.493 e. The third-order valence-electron chi connectivity index (χ3n) is 6.48. The molecule has 2 aliphatic heterocycles. The van der Waals surface area contributed by atoms with Crippen LogP contribution in [0.15, 0.2) is 48.6 Å². The zero-order valence-corrected chi connectivity index (χ0v) is 17.8. The van der Waals surface area contributed by atoms with Crippen LogP contribution >= 0.6 is 11.6 Å². The Morgan fingerprint density at radius 1 is 1.27 bits per heavy atom. The molecule has 0 aromatic heterocycles. The van der Waals surface area contributed by atoms with E-state index in [0.29, 0.717) is 17.0 Å². The lowest BCUT2D eigenvalue weighted by Gasteiger charge is -2.36. The van der Waals surface area contributed by atoms with Gasteiger partial charge in [0, 0.05) is 18.5 Å². The molecule has 0 saturated heterocycles. The summed E-state index contributed by atoms with van der Waals surface area (Å²) in [6.45, 7) is 1.84. The Bertz CT molecular complexity index is 1040. The molecule has 0 radical (unpaired) electrons. The standard InChI is InChI=1S/C24H24ClNO4/c1-26-12-11-24-10-9-16(29-23(27)17-5-3-4-6-18(17)25)13-20(24)30-22-19(28-2)8-7-15(14-26)21(22)24/h3-10,16,20H,11-14H2,1-2H3/t16-,20?,24-/m0/s1. The molecule has 2 aromatic carbocycles. The molecule has 2 heterocycles. The van der Waals surface area contributed by atoms with Crippen LogP contribution in [0.1, 0.15) is 34.3 Å². The second-order valence-corrected chi connectivity index (χ2v) is 8.69. The number of hydrogen-bond donors (Lipinski definition) is 0. The SMILES string of the molecule is COc1ccc2c3c1OC1C[C@@H](OC(=O)c4ccccc4Cl)C=C[C@@]31CCN(C)C2. The Morgan fingerprint density at radius 3 is 2.90 bits per heavy atom. The first kappa shape index (κ1) is 19.5. The maximum Gasteiger partial charge on any atom is 0.340 e. The van der Waals surface area contributed by atoms with E-state index in [9.17, 15) is 4.79 Å². The minimum atomic E-state index is -0.416. The van der Waals surface area contributed by atoms with Gasteiger partial charge >= 0.3 is 5.97 Å². The number of carbonyl (C=O) groups excluding carboxylic acids is 1. The molecule has 5 nitrogen and oxygen atoms in total. The largest absolute Gasteiger partial charge is 0.493 e. The fraction of sp³-hybridized carbons (Fsp3) is 0.375. The molecule has 156 valence electrons. The molecule has 2 aromatic rings. The quantitative estimate of drug-likeness (QED) is 0.540. The van der Waals surface area contributed by atoms with E-state index in [1.807, 2.05) is 12.1 Å². The number of carbonyl (C=O) groups is 1. The monoisotopic (exact) mass is 425 g/mol. The zero-order chi connectivity index (χ0) is 20.9. The van der Waals surface area contributed by atoms with Gasteiger partial charge < -0.3 is 19.1 Å². The van der Waals surface area contributed by atoms with Gasteiger partial charge in [0.1, 0.15) is 12.2 Å². The summed E-state index contributed by atoms with van der Waals surface area (Å²) in [4.78, 5) is 15.0. The molecule has 1 aliphatic carbocycles. The van der Waals surface area contributed by atoms with E-state index in [0.717, 1.165) is 31.0 Å². The summed E-state index contributed by atoms with van der Waals surface area (Å²) < 4.78 is 17.8. The zero-order valence-electron chi connectivity index (χ0n) is 17.1. The van der Waals surface area contributed by atoms with E-state index in [2.05, 4.69) is 24.1 Å². The van der Waals surface area contributed by atoms with E-state index < -0.39 is 5.97 Å². The molecule has 1 spiro atoms. The van der Waals surface area contributed by atoms with Crippen molar-refractivity contribution in [2.75, 3.05) is 20.7 Å². The van der Waals surface area contributed by atoms with Crippen molar-refractivity contribution in [1.29, 1.82) is 0 Å². The first-order valence-electron chi connectivity index (χ1n) is 10.2. The fourth-order valence-corrected chi connectivity index (χ4v) is 5.19. The van der Waals surface area contributed by atoms with E-state index >= 15 is 0 Å².